The van der Waals surface area contributed by atoms with E-state index in [4.69, 9.17) is 0 Å². The number of hydrogen-bond donors (Lipinski definition) is 3. The molecule has 130 valence electrons. The fraction of sp³-hybridized carbons (Fsp3) is 0.550. The summed E-state index contributed by atoms with van der Waals surface area (Å²) >= 11 is 0. The smallest absolute Gasteiger partial charge is 0.221 e. The molecule has 0 bridgehead atoms. The first-order valence-corrected chi connectivity index (χ1v) is 9.38. The molecule has 0 radical (unpaired) electrons. The molecular weight excluding hydrogens is 298 g/mol. The second-order valence-corrected chi connectivity index (χ2v) is 6.85. The van der Waals surface area contributed by atoms with Crippen molar-refractivity contribution in [3.05, 3.63) is 36.0 Å². The van der Waals surface area contributed by atoms with Crippen LogP contribution in [0.25, 0.3) is 10.9 Å². The number of rotatable bonds is 7. The zero-order valence-electron chi connectivity index (χ0n) is 14.4. The van der Waals surface area contributed by atoms with Crippen molar-refractivity contribution in [2.45, 2.75) is 57.4 Å². The van der Waals surface area contributed by atoms with Crippen LogP contribution < -0.4 is 10.6 Å². The Bertz CT molecular complexity index is 641. The first-order valence-electron chi connectivity index (χ1n) is 9.38. The van der Waals surface area contributed by atoms with Crippen LogP contribution in [0.15, 0.2) is 30.5 Å². The lowest BCUT2D eigenvalue weighted by atomic mass is 10.1. The summed E-state index contributed by atoms with van der Waals surface area (Å²) < 4.78 is 0. The van der Waals surface area contributed by atoms with Gasteiger partial charge in [-0.3, -0.25) is 4.79 Å². The third-order valence-corrected chi connectivity index (χ3v) is 5.03. The number of carbonyl (C=O) groups excluding carboxylic acids is 1. The van der Waals surface area contributed by atoms with Crippen LogP contribution in [-0.2, 0) is 11.2 Å². The van der Waals surface area contributed by atoms with Gasteiger partial charge in [-0.2, -0.15) is 0 Å². The van der Waals surface area contributed by atoms with E-state index in [-0.39, 0.29) is 5.91 Å². The van der Waals surface area contributed by atoms with Crippen molar-refractivity contribution >= 4 is 16.8 Å². The van der Waals surface area contributed by atoms with Crippen molar-refractivity contribution < 1.29 is 4.79 Å². The van der Waals surface area contributed by atoms with Gasteiger partial charge < -0.3 is 15.6 Å². The van der Waals surface area contributed by atoms with Gasteiger partial charge in [0.25, 0.3) is 0 Å². The molecule has 1 saturated carbocycles. The zero-order chi connectivity index (χ0) is 16.6. The molecule has 3 rings (SSSR count). The molecule has 1 aromatic carbocycles. The lowest BCUT2D eigenvalue weighted by molar-refractivity contribution is -0.120. The number of nitrogens with one attached hydrogen (secondary N) is 3. The molecule has 1 fully saturated rings. The lowest BCUT2D eigenvalue weighted by Crippen LogP contribution is -2.33. The second-order valence-electron chi connectivity index (χ2n) is 6.85. The van der Waals surface area contributed by atoms with Gasteiger partial charge in [0.15, 0.2) is 0 Å². The van der Waals surface area contributed by atoms with Gasteiger partial charge in [-0.05, 0) is 30.9 Å². The molecule has 1 heterocycles. The van der Waals surface area contributed by atoms with E-state index < -0.39 is 0 Å². The fourth-order valence-corrected chi connectivity index (χ4v) is 3.64. The molecule has 1 aliphatic carbocycles. The van der Waals surface area contributed by atoms with Crippen molar-refractivity contribution in [3.63, 3.8) is 0 Å². The standard InChI is InChI=1S/C20H29N3O/c24-20(12-14-21-17-7-3-1-2-4-8-17)22-13-11-16-15-23-19-10-6-5-9-18(16)19/h5-6,9-10,15,17,21,23H,1-4,7-8,11-14H2,(H,22,24). The first kappa shape index (κ1) is 17.0. The molecule has 2 aromatic rings. The maximum atomic E-state index is 12.0. The highest BCUT2D eigenvalue weighted by molar-refractivity contribution is 5.83. The minimum atomic E-state index is 0.149. The molecule has 0 aliphatic heterocycles. The number of H-pyrrole nitrogens is 1. The number of benzene rings is 1. The molecule has 3 N–H and O–H groups in total. The number of carbonyl (C=O) groups is 1. The quantitative estimate of drug-likeness (QED) is 0.681. The second kappa shape index (κ2) is 8.88. The van der Waals surface area contributed by atoms with Crippen LogP contribution in [0, 0.1) is 0 Å². The molecule has 1 amide bonds. The minimum Gasteiger partial charge on any atom is -0.361 e. The van der Waals surface area contributed by atoms with E-state index in [1.54, 1.807) is 0 Å². The first-order chi connectivity index (χ1) is 11.8. The van der Waals surface area contributed by atoms with Gasteiger partial charge in [-0.1, -0.05) is 43.9 Å². The predicted molar refractivity (Wildman–Crippen MR) is 99.1 cm³/mol. The van der Waals surface area contributed by atoms with Gasteiger partial charge >= 0.3 is 0 Å². The van der Waals surface area contributed by atoms with Crippen LogP contribution in [0.4, 0.5) is 0 Å². The van der Waals surface area contributed by atoms with Crippen molar-refractivity contribution in [2.24, 2.45) is 0 Å². The number of hydrogen-bond acceptors (Lipinski definition) is 2. The van der Waals surface area contributed by atoms with Gasteiger partial charge in [0.2, 0.25) is 5.91 Å². The number of fused-ring (bicyclic) bond motifs is 1. The Balaban J connectivity index is 1.34. The number of para-hydroxylation sites is 1. The predicted octanol–water partition coefficient (Wildman–Crippen LogP) is 3.53. The van der Waals surface area contributed by atoms with Crippen LogP contribution in [0.5, 0.6) is 0 Å². The molecule has 1 aliphatic rings. The van der Waals surface area contributed by atoms with Gasteiger partial charge in [-0.15, -0.1) is 0 Å². The van der Waals surface area contributed by atoms with E-state index in [0.29, 0.717) is 19.0 Å². The summed E-state index contributed by atoms with van der Waals surface area (Å²) in [5, 5.41) is 7.85. The molecular formula is C20H29N3O. The Labute approximate surface area is 144 Å². The molecule has 0 atom stereocenters. The molecule has 0 unspecified atom stereocenters. The summed E-state index contributed by atoms with van der Waals surface area (Å²) in [6, 6.07) is 8.91. The zero-order valence-corrected chi connectivity index (χ0v) is 14.4. The van der Waals surface area contributed by atoms with E-state index in [0.717, 1.165) is 18.5 Å². The third kappa shape index (κ3) is 4.84. The van der Waals surface area contributed by atoms with Gasteiger partial charge in [-0.25, -0.2) is 0 Å². The van der Waals surface area contributed by atoms with Crippen LogP contribution in [0.1, 0.15) is 50.5 Å². The maximum Gasteiger partial charge on any atom is 0.221 e. The Morgan fingerprint density at radius 2 is 1.88 bits per heavy atom. The topological polar surface area (TPSA) is 56.9 Å². The number of amides is 1. The van der Waals surface area contributed by atoms with Crippen LogP contribution in [-0.4, -0.2) is 30.0 Å². The summed E-state index contributed by atoms with van der Waals surface area (Å²) in [4.78, 5) is 15.3. The Hall–Kier alpha value is -1.81. The van der Waals surface area contributed by atoms with Crippen molar-refractivity contribution in [1.82, 2.24) is 15.6 Å². The van der Waals surface area contributed by atoms with E-state index >= 15 is 0 Å². The van der Waals surface area contributed by atoms with Crippen molar-refractivity contribution in [3.8, 4) is 0 Å². The number of aromatic amines is 1. The Morgan fingerprint density at radius 1 is 1.08 bits per heavy atom. The monoisotopic (exact) mass is 327 g/mol. The van der Waals surface area contributed by atoms with E-state index in [9.17, 15) is 4.79 Å². The van der Waals surface area contributed by atoms with Crippen LogP contribution in [0.2, 0.25) is 0 Å². The molecule has 0 saturated heterocycles. The molecule has 1 aromatic heterocycles. The third-order valence-electron chi connectivity index (χ3n) is 5.03. The van der Waals surface area contributed by atoms with E-state index in [1.807, 2.05) is 12.3 Å². The normalized spacial score (nSPS) is 16.2. The van der Waals surface area contributed by atoms with Gasteiger partial charge in [0.05, 0.1) is 0 Å². The fourth-order valence-electron chi connectivity index (χ4n) is 3.64. The Kier molecular flexibility index (Phi) is 6.30. The molecule has 24 heavy (non-hydrogen) atoms. The van der Waals surface area contributed by atoms with E-state index in [2.05, 4.69) is 33.8 Å². The summed E-state index contributed by atoms with van der Waals surface area (Å²) in [5.41, 5.74) is 2.42. The van der Waals surface area contributed by atoms with Crippen molar-refractivity contribution in [2.75, 3.05) is 13.1 Å². The highest BCUT2D eigenvalue weighted by Gasteiger charge is 2.11. The van der Waals surface area contributed by atoms with Crippen molar-refractivity contribution in [1.29, 1.82) is 0 Å². The highest BCUT2D eigenvalue weighted by atomic mass is 16.1. The largest absolute Gasteiger partial charge is 0.361 e. The molecule has 4 heteroatoms. The van der Waals surface area contributed by atoms with Crippen LogP contribution >= 0.6 is 0 Å². The summed E-state index contributed by atoms with van der Waals surface area (Å²) in [6.45, 7) is 1.49. The maximum absolute atomic E-state index is 12.0. The van der Waals surface area contributed by atoms with Gasteiger partial charge in [0, 0.05) is 42.7 Å². The average Bonchev–Trinajstić information content (AvgIpc) is 2.82. The van der Waals surface area contributed by atoms with E-state index in [1.165, 1.54) is 49.5 Å². The minimum absolute atomic E-state index is 0.149. The van der Waals surface area contributed by atoms with Crippen LogP contribution in [0.3, 0.4) is 0 Å². The molecule has 4 nitrogen and oxygen atoms in total. The average molecular weight is 327 g/mol. The lowest BCUT2D eigenvalue weighted by Gasteiger charge is -2.15. The summed E-state index contributed by atoms with van der Waals surface area (Å²) in [6.07, 6.45) is 11.4. The van der Waals surface area contributed by atoms with Gasteiger partial charge in [0.1, 0.15) is 0 Å². The summed E-state index contributed by atoms with van der Waals surface area (Å²) in [5.74, 6) is 0.149. The Morgan fingerprint density at radius 3 is 2.71 bits per heavy atom. The SMILES string of the molecule is O=C(CCNC1CCCCCC1)NCCc1c[nH]c2ccccc12. The molecule has 0 spiro atoms. The summed E-state index contributed by atoms with van der Waals surface area (Å²) in [7, 11) is 0. The number of aromatic nitrogens is 1. The highest BCUT2D eigenvalue weighted by Crippen LogP contribution is 2.18.